The van der Waals surface area contributed by atoms with Crippen molar-refractivity contribution in [3.05, 3.63) is 52.8 Å². The van der Waals surface area contributed by atoms with E-state index in [0.29, 0.717) is 18.2 Å². The highest BCUT2D eigenvalue weighted by Gasteiger charge is 2.31. The minimum Gasteiger partial charge on any atom is -0.344 e. The van der Waals surface area contributed by atoms with Crippen LogP contribution in [0.2, 0.25) is 0 Å². The Morgan fingerprint density at radius 3 is 2.75 bits per heavy atom. The summed E-state index contributed by atoms with van der Waals surface area (Å²) in [5, 5.41) is 13.8. The number of nitrogens with zero attached hydrogens (tertiary/aromatic N) is 1. The molecule has 3 N–H and O–H groups in total. The third-order valence-electron chi connectivity index (χ3n) is 5.09. The van der Waals surface area contributed by atoms with Crippen LogP contribution in [0.5, 0.6) is 0 Å². The third kappa shape index (κ3) is 3.19. The zero-order valence-corrected chi connectivity index (χ0v) is 14.4. The van der Waals surface area contributed by atoms with Gasteiger partial charge in [0.15, 0.2) is 5.69 Å². The summed E-state index contributed by atoms with van der Waals surface area (Å²) in [4.78, 5) is 12.8. The molecule has 2 aliphatic rings. The fourth-order valence-electron chi connectivity index (χ4n) is 3.53. The predicted octanol–water partition coefficient (Wildman–Crippen LogP) is 2.75. The van der Waals surface area contributed by atoms with Crippen LogP contribution in [-0.2, 0) is 13.0 Å². The number of aromatic nitrogens is 2. The number of halogens is 1. The number of amides is 1. The van der Waals surface area contributed by atoms with Crippen molar-refractivity contribution in [2.45, 2.75) is 38.3 Å². The molecule has 0 spiro atoms. The Morgan fingerprint density at radius 1 is 1.25 bits per heavy atom. The van der Waals surface area contributed by atoms with E-state index in [2.05, 4.69) is 33.0 Å². The van der Waals surface area contributed by atoms with Crippen molar-refractivity contribution in [3.8, 4) is 0 Å². The van der Waals surface area contributed by atoms with Gasteiger partial charge < -0.3 is 10.6 Å². The molecule has 1 aromatic heterocycles. The van der Waals surface area contributed by atoms with Crippen LogP contribution in [0.3, 0.4) is 0 Å². The van der Waals surface area contributed by atoms with Gasteiger partial charge in [0.1, 0.15) is 0 Å². The van der Waals surface area contributed by atoms with Crippen molar-refractivity contribution >= 4 is 18.3 Å². The zero-order valence-electron chi connectivity index (χ0n) is 13.5. The average Bonchev–Trinajstić information content (AvgIpc) is 2.97. The Bertz CT molecular complexity index is 696. The van der Waals surface area contributed by atoms with Crippen molar-refractivity contribution in [3.63, 3.8) is 0 Å². The molecule has 5 nitrogen and oxygen atoms in total. The first-order valence-electron chi connectivity index (χ1n) is 8.45. The number of nitrogens with one attached hydrogen (secondary N) is 3. The number of carbonyl (C=O) groups excluding carboxylic acids is 1. The first-order valence-corrected chi connectivity index (χ1v) is 8.45. The monoisotopic (exact) mass is 346 g/mol. The summed E-state index contributed by atoms with van der Waals surface area (Å²) < 4.78 is 0. The highest BCUT2D eigenvalue weighted by molar-refractivity contribution is 5.94. The topological polar surface area (TPSA) is 69.8 Å². The molecular formula is C18H23ClN4O. The summed E-state index contributed by atoms with van der Waals surface area (Å²) in [6.07, 6.45) is 4.52. The van der Waals surface area contributed by atoms with Gasteiger partial charge in [-0.1, -0.05) is 36.8 Å². The summed E-state index contributed by atoms with van der Waals surface area (Å²) in [7, 11) is 0. The Hall–Kier alpha value is -1.85. The maximum absolute atomic E-state index is 12.8. The lowest BCUT2D eigenvalue weighted by Crippen LogP contribution is -2.37. The highest BCUT2D eigenvalue weighted by atomic mass is 35.5. The van der Waals surface area contributed by atoms with Crippen LogP contribution in [0.25, 0.3) is 0 Å². The smallest absolute Gasteiger partial charge is 0.272 e. The maximum atomic E-state index is 12.8. The Kier molecular flexibility index (Phi) is 5.21. The van der Waals surface area contributed by atoms with Gasteiger partial charge in [0.2, 0.25) is 0 Å². The summed E-state index contributed by atoms with van der Waals surface area (Å²) >= 11 is 0. The van der Waals surface area contributed by atoms with Gasteiger partial charge in [0.05, 0.1) is 6.04 Å². The van der Waals surface area contributed by atoms with Crippen molar-refractivity contribution in [1.82, 2.24) is 20.8 Å². The molecule has 0 saturated heterocycles. The molecule has 0 radical (unpaired) electrons. The van der Waals surface area contributed by atoms with Gasteiger partial charge in [-0.15, -0.1) is 12.4 Å². The number of carbonyl (C=O) groups is 1. The first kappa shape index (κ1) is 17.0. The summed E-state index contributed by atoms with van der Waals surface area (Å²) in [6, 6.07) is 10.4. The molecule has 128 valence electrons. The van der Waals surface area contributed by atoms with E-state index < -0.39 is 0 Å². The van der Waals surface area contributed by atoms with Crippen LogP contribution in [0, 0.1) is 5.92 Å². The molecule has 6 heteroatoms. The van der Waals surface area contributed by atoms with E-state index in [9.17, 15) is 4.79 Å². The average molecular weight is 347 g/mol. The molecule has 2 heterocycles. The Labute approximate surface area is 148 Å². The highest BCUT2D eigenvalue weighted by Crippen LogP contribution is 2.37. The lowest BCUT2D eigenvalue weighted by atomic mass is 9.77. The maximum Gasteiger partial charge on any atom is 0.272 e. The second-order valence-electron chi connectivity index (χ2n) is 6.51. The summed E-state index contributed by atoms with van der Waals surface area (Å²) in [5.41, 5.74) is 3.85. The molecule has 2 aromatic rings. The van der Waals surface area contributed by atoms with E-state index in [1.807, 2.05) is 18.2 Å². The SMILES string of the molecule is Cl.O=C(NC(c1ccccc1)C1CCC1)c1n[nH]c2c1CNCC2. The van der Waals surface area contributed by atoms with Gasteiger partial charge in [-0.2, -0.15) is 5.10 Å². The Morgan fingerprint density at radius 2 is 2.04 bits per heavy atom. The number of benzene rings is 1. The fraction of sp³-hybridized carbons (Fsp3) is 0.444. The van der Waals surface area contributed by atoms with E-state index in [4.69, 9.17) is 0 Å². The largest absolute Gasteiger partial charge is 0.344 e. The minimum absolute atomic E-state index is 0. The van der Waals surface area contributed by atoms with E-state index >= 15 is 0 Å². The van der Waals surface area contributed by atoms with Crippen LogP contribution >= 0.6 is 12.4 Å². The molecule has 4 rings (SSSR count). The van der Waals surface area contributed by atoms with E-state index in [1.165, 1.54) is 24.8 Å². The molecule has 1 saturated carbocycles. The standard InChI is InChI=1S/C18H22N4O.ClH/c23-18(17-14-11-19-10-9-15(14)21-22-17)20-16(13-7-4-8-13)12-5-2-1-3-6-12;/h1-3,5-6,13,16,19H,4,7-11H2,(H,20,23)(H,21,22);1H. The van der Waals surface area contributed by atoms with Gasteiger partial charge in [-0.25, -0.2) is 0 Å². The van der Waals surface area contributed by atoms with E-state index in [-0.39, 0.29) is 24.4 Å². The van der Waals surface area contributed by atoms with Crippen LogP contribution in [-0.4, -0.2) is 22.6 Å². The molecule has 1 aliphatic heterocycles. The molecule has 1 fully saturated rings. The normalized spacial score (nSPS) is 18.0. The molecular weight excluding hydrogens is 324 g/mol. The second kappa shape index (κ2) is 7.36. The van der Waals surface area contributed by atoms with Gasteiger partial charge in [-0.3, -0.25) is 9.89 Å². The molecule has 1 atom stereocenters. The van der Waals surface area contributed by atoms with Crippen LogP contribution in [0.4, 0.5) is 0 Å². The number of hydrogen-bond donors (Lipinski definition) is 3. The summed E-state index contributed by atoms with van der Waals surface area (Å²) in [5.74, 6) is 0.473. The van der Waals surface area contributed by atoms with Crippen molar-refractivity contribution in [2.75, 3.05) is 6.54 Å². The van der Waals surface area contributed by atoms with Gasteiger partial charge in [0.25, 0.3) is 5.91 Å². The second-order valence-corrected chi connectivity index (χ2v) is 6.51. The van der Waals surface area contributed by atoms with Crippen LogP contribution < -0.4 is 10.6 Å². The number of rotatable bonds is 4. The quantitative estimate of drug-likeness (QED) is 0.797. The molecule has 1 unspecified atom stereocenters. The lowest BCUT2D eigenvalue weighted by molar-refractivity contribution is 0.0894. The van der Waals surface area contributed by atoms with Crippen molar-refractivity contribution < 1.29 is 4.79 Å². The molecule has 1 aliphatic carbocycles. The number of hydrogen-bond acceptors (Lipinski definition) is 3. The van der Waals surface area contributed by atoms with Gasteiger partial charge in [-0.05, 0) is 24.3 Å². The minimum atomic E-state index is -0.0630. The van der Waals surface area contributed by atoms with Crippen LogP contribution in [0.15, 0.2) is 30.3 Å². The number of fused-ring (bicyclic) bond motifs is 1. The molecule has 24 heavy (non-hydrogen) atoms. The van der Waals surface area contributed by atoms with E-state index in [1.54, 1.807) is 0 Å². The predicted molar refractivity (Wildman–Crippen MR) is 95.2 cm³/mol. The van der Waals surface area contributed by atoms with Crippen LogP contribution in [0.1, 0.15) is 52.6 Å². The Balaban J connectivity index is 0.00000169. The molecule has 1 amide bonds. The summed E-state index contributed by atoms with van der Waals surface area (Å²) in [6.45, 7) is 1.65. The van der Waals surface area contributed by atoms with Gasteiger partial charge >= 0.3 is 0 Å². The number of aromatic amines is 1. The first-order chi connectivity index (χ1) is 11.3. The van der Waals surface area contributed by atoms with Crippen molar-refractivity contribution in [1.29, 1.82) is 0 Å². The molecule has 0 bridgehead atoms. The lowest BCUT2D eigenvalue weighted by Gasteiger charge is -2.34. The fourth-order valence-corrected chi connectivity index (χ4v) is 3.53. The van der Waals surface area contributed by atoms with Gasteiger partial charge in [0, 0.05) is 30.8 Å². The molecule has 1 aromatic carbocycles. The third-order valence-corrected chi connectivity index (χ3v) is 5.09. The zero-order chi connectivity index (χ0) is 15.6. The number of H-pyrrole nitrogens is 1. The van der Waals surface area contributed by atoms with Crippen molar-refractivity contribution in [2.24, 2.45) is 5.92 Å². The van der Waals surface area contributed by atoms with E-state index in [0.717, 1.165) is 24.2 Å².